The Hall–Kier alpha value is -2.50. The summed E-state index contributed by atoms with van der Waals surface area (Å²) in [5, 5.41) is 14.0. The Bertz CT molecular complexity index is 911. The molecular weight excluding hydrogens is 362 g/mol. The number of nitrogens with zero attached hydrogens (tertiary/aromatic N) is 4. The Morgan fingerprint density at radius 3 is 3.26 bits per heavy atom. The first-order valence-corrected chi connectivity index (χ1v) is 10.1. The predicted molar refractivity (Wildman–Crippen MR) is 99.4 cm³/mol. The summed E-state index contributed by atoms with van der Waals surface area (Å²) < 4.78 is 6.43. The summed E-state index contributed by atoms with van der Waals surface area (Å²) >= 11 is 1.42. The Labute approximate surface area is 161 Å². The molecule has 2 aromatic heterocycles. The molecule has 2 aromatic rings. The number of amides is 1. The highest BCUT2D eigenvalue weighted by Crippen LogP contribution is 2.55. The van der Waals surface area contributed by atoms with Crippen LogP contribution in [0, 0.1) is 23.2 Å². The van der Waals surface area contributed by atoms with Gasteiger partial charge in [-0.3, -0.25) is 4.79 Å². The summed E-state index contributed by atoms with van der Waals surface area (Å²) in [6, 6.07) is 5.73. The fourth-order valence-corrected chi connectivity index (χ4v) is 5.46. The Balaban J connectivity index is 1.32. The van der Waals surface area contributed by atoms with Gasteiger partial charge in [-0.2, -0.15) is 5.26 Å². The number of aromatic nitrogens is 2. The van der Waals surface area contributed by atoms with Crippen LogP contribution in [-0.4, -0.2) is 47.2 Å². The monoisotopic (exact) mass is 381 g/mol. The van der Waals surface area contributed by atoms with Crippen LogP contribution in [0.1, 0.15) is 28.9 Å². The lowest BCUT2D eigenvalue weighted by Gasteiger charge is -2.29. The van der Waals surface area contributed by atoms with Gasteiger partial charge in [0.15, 0.2) is 0 Å². The molecule has 4 atom stereocenters. The van der Waals surface area contributed by atoms with E-state index in [0.29, 0.717) is 29.6 Å². The molecule has 3 aliphatic heterocycles. The standard InChI is InChI=1S/C19H19N5O2S/c20-6-12-2-4-21-17(5-12)24-8-14-13(16-1-3-19(14,10-24)26-16)7-22-18(25)15-9-27-11-23-15/h2,4-5,9,11,13-14,16H,1,3,7-8,10H2,(H,22,25)/t13-,14+,16+,19+/m0/s1. The fraction of sp³-hybridized carbons (Fsp3) is 0.474. The number of hydrogen-bond acceptors (Lipinski definition) is 7. The van der Waals surface area contributed by atoms with Crippen LogP contribution in [0.5, 0.6) is 0 Å². The molecule has 7 nitrogen and oxygen atoms in total. The van der Waals surface area contributed by atoms with Gasteiger partial charge in [-0.15, -0.1) is 11.3 Å². The molecule has 1 spiro atoms. The third-order valence-electron chi connectivity index (χ3n) is 6.15. The number of fused-ring (bicyclic) bond motifs is 1. The average Bonchev–Trinajstić information content (AvgIpc) is 3.46. The molecule has 0 radical (unpaired) electrons. The van der Waals surface area contributed by atoms with Crippen LogP contribution in [0.25, 0.3) is 0 Å². The van der Waals surface area contributed by atoms with Crippen LogP contribution in [0.4, 0.5) is 5.82 Å². The summed E-state index contributed by atoms with van der Waals surface area (Å²) in [6.45, 7) is 2.25. The van der Waals surface area contributed by atoms with E-state index in [0.717, 1.165) is 31.7 Å². The first-order chi connectivity index (χ1) is 13.2. The number of ether oxygens (including phenoxy) is 1. The highest BCUT2D eigenvalue weighted by molar-refractivity contribution is 7.07. The third kappa shape index (κ3) is 2.69. The summed E-state index contributed by atoms with van der Waals surface area (Å²) in [5.41, 5.74) is 2.61. The zero-order chi connectivity index (χ0) is 18.4. The van der Waals surface area contributed by atoms with Crippen molar-refractivity contribution in [1.82, 2.24) is 15.3 Å². The Morgan fingerprint density at radius 1 is 1.52 bits per heavy atom. The van der Waals surface area contributed by atoms with E-state index in [-0.39, 0.29) is 17.6 Å². The van der Waals surface area contributed by atoms with E-state index in [1.807, 2.05) is 6.07 Å². The molecule has 0 unspecified atom stereocenters. The molecule has 3 saturated heterocycles. The molecule has 138 valence electrons. The van der Waals surface area contributed by atoms with E-state index in [2.05, 4.69) is 26.3 Å². The second-order valence-electron chi connectivity index (χ2n) is 7.51. The van der Waals surface area contributed by atoms with Gasteiger partial charge in [0.2, 0.25) is 0 Å². The lowest BCUT2D eigenvalue weighted by atomic mass is 9.73. The first-order valence-electron chi connectivity index (χ1n) is 9.14. The van der Waals surface area contributed by atoms with Crippen molar-refractivity contribution in [3.05, 3.63) is 40.5 Å². The van der Waals surface area contributed by atoms with E-state index < -0.39 is 0 Å². The van der Waals surface area contributed by atoms with Gasteiger partial charge in [-0.05, 0) is 25.0 Å². The second-order valence-corrected chi connectivity index (χ2v) is 8.23. The molecule has 0 saturated carbocycles. The SMILES string of the molecule is N#Cc1ccnc(N2C[C@@H]3[C@H](CNC(=O)c4cscn4)[C@H]4CC[C@]3(C2)O4)c1. The van der Waals surface area contributed by atoms with Crippen molar-refractivity contribution in [3.8, 4) is 6.07 Å². The maximum absolute atomic E-state index is 12.3. The van der Waals surface area contributed by atoms with Gasteiger partial charge in [-0.25, -0.2) is 9.97 Å². The Morgan fingerprint density at radius 2 is 2.44 bits per heavy atom. The highest BCUT2D eigenvalue weighted by Gasteiger charge is 2.63. The van der Waals surface area contributed by atoms with Crippen molar-refractivity contribution in [2.24, 2.45) is 11.8 Å². The molecule has 27 heavy (non-hydrogen) atoms. The van der Waals surface area contributed by atoms with Crippen LogP contribution in [0.2, 0.25) is 0 Å². The maximum atomic E-state index is 12.3. The van der Waals surface area contributed by atoms with Crippen LogP contribution in [0.15, 0.2) is 29.2 Å². The highest BCUT2D eigenvalue weighted by atomic mass is 32.1. The summed E-state index contributed by atoms with van der Waals surface area (Å²) in [5.74, 6) is 1.37. The van der Waals surface area contributed by atoms with Crippen molar-refractivity contribution in [2.45, 2.75) is 24.5 Å². The smallest absolute Gasteiger partial charge is 0.270 e. The average molecular weight is 381 g/mol. The van der Waals surface area contributed by atoms with E-state index >= 15 is 0 Å². The summed E-state index contributed by atoms with van der Waals surface area (Å²) in [4.78, 5) is 23.0. The van der Waals surface area contributed by atoms with Crippen molar-refractivity contribution < 1.29 is 9.53 Å². The van der Waals surface area contributed by atoms with Gasteiger partial charge < -0.3 is 15.0 Å². The number of carbonyl (C=O) groups is 1. The number of pyridine rings is 1. The van der Waals surface area contributed by atoms with Crippen molar-refractivity contribution in [3.63, 3.8) is 0 Å². The topological polar surface area (TPSA) is 91.1 Å². The van der Waals surface area contributed by atoms with Crippen LogP contribution < -0.4 is 10.2 Å². The summed E-state index contributed by atoms with van der Waals surface area (Å²) in [7, 11) is 0. The van der Waals surface area contributed by atoms with E-state index in [1.54, 1.807) is 23.2 Å². The molecule has 0 aromatic carbocycles. The molecule has 1 N–H and O–H groups in total. The summed E-state index contributed by atoms with van der Waals surface area (Å²) in [6.07, 6.45) is 3.98. The van der Waals surface area contributed by atoms with Crippen molar-refractivity contribution in [2.75, 3.05) is 24.5 Å². The molecular formula is C19H19N5O2S. The number of thiazole rings is 1. The molecule has 1 amide bonds. The van der Waals surface area contributed by atoms with Crippen molar-refractivity contribution in [1.29, 1.82) is 5.26 Å². The lowest BCUT2D eigenvalue weighted by molar-refractivity contribution is 0.0141. The zero-order valence-corrected chi connectivity index (χ0v) is 15.5. The largest absolute Gasteiger partial charge is 0.369 e. The predicted octanol–water partition coefficient (Wildman–Crippen LogP) is 1.82. The van der Waals surface area contributed by atoms with Gasteiger partial charge in [0, 0.05) is 43.0 Å². The maximum Gasteiger partial charge on any atom is 0.270 e. The van der Waals surface area contributed by atoms with Crippen LogP contribution in [0.3, 0.4) is 0 Å². The van der Waals surface area contributed by atoms with E-state index in [4.69, 9.17) is 10.00 Å². The molecule has 3 fully saturated rings. The zero-order valence-electron chi connectivity index (χ0n) is 14.7. The lowest BCUT2D eigenvalue weighted by Crippen LogP contribution is -2.42. The molecule has 5 rings (SSSR count). The fourth-order valence-electron chi connectivity index (χ4n) is 4.92. The third-order valence-corrected chi connectivity index (χ3v) is 6.73. The number of nitriles is 1. The minimum atomic E-state index is -0.148. The Kier molecular flexibility index (Phi) is 3.88. The number of carbonyl (C=O) groups excluding carboxylic acids is 1. The van der Waals surface area contributed by atoms with Crippen LogP contribution >= 0.6 is 11.3 Å². The molecule has 2 bridgehead atoms. The van der Waals surface area contributed by atoms with Gasteiger partial charge in [0.05, 0.1) is 28.8 Å². The van der Waals surface area contributed by atoms with Crippen LogP contribution in [-0.2, 0) is 4.74 Å². The minimum Gasteiger partial charge on any atom is -0.369 e. The molecule has 5 heterocycles. The minimum absolute atomic E-state index is 0.119. The molecule has 0 aliphatic carbocycles. The number of nitrogens with one attached hydrogen (secondary N) is 1. The van der Waals surface area contributed by atoms with Gasteiger partial charge in [0.1, 0.15) is 11.5 Å². The van der Waals surface area contributed by atoms with E-state index in [9.17, 15) is 4.79 Å². The molecule has 3 aliphatic rings. The number of hydrogen-bond donors (Lipinski definition) is 1. The van der Waals surface area contributed by atoms with Gasteiger partial charge >= 0.3 is 0 Å². The normalized spacial score (nSPS) is 30.9. The van der Waals surface area contributed by atoms with Gasteiger partial charge in [-0.1, -0.05) is 0 Å². The molecule has 8 heteroatoms. The van der Waals surface area contributed by atoms with Gasteiger partial charge in [0.25, 0.3) is 5.91 Å². The quantitative estimate of drug-likeness (QED) is 0.869. The van der Waals surface area contributed by atoms with Crippen molar-refractivity contribution >= 4 is 23.1 Å². The van der Waals surface area contributed by atoms with E-state index in [1.165, 1.54) is 11.3 Å². The second kappa shape index (κ2) is 6.29. The number of anilines is 1. The number of rotatable bonds is 4. The first kappa shape index (κ1) is 16.7.